The zero-order chi connectivity index (χ0) is 27.7. The molecule has 1 saturated carbocycles. The Morgan fingerprint density at radius 1 is 1.21 bits per heavy atom. The second-order valence-electron chi connectivity index (χ2n) is 9.66. The fraction of sp³-hybridized carbons (Fsp3) is 0.464. The number of aryl methyl sites for hydroxylation is 2. The summed E-state index contributed by atoms with van der Waals surface area (Å²) in [5, 5.41) is 32.0. The number of aliphatic hydroxyl groups excluding tert-OH is 3. The first kappa shape index (κ1) is 30.5. The highest BCUT2D eigenvalue weighted by molar-refractivity contribution is 7.90. The number of amides is 1. The van der Waals surface area contributed by atoms with E-state index in [-0.39, 0.29) is 29.6 Å². The van der Waals surface area contributed by atoms with Crippen LogP contribution in [0.5, 0.6) is 0 Å². The van der Waals surface area contributed by atoms with E-state index in [2.05, 4.69) is 4.72 Å². The van der Waals surface area contributed by atoms with Gasteiger partial charge in [0.15, 0.2) is 0 Å². The number of hydrogen-bond acceptors (Lipinski definition) is 7. The Bertz CT molecular complexity index is 1190. The molecule has 7 nitrogen and oxygen atoms in total. The van der Waals surface area contributed by atoms with Gasteiger partial charge in [0, 0.05) is 28.5 Å². The number of nitrogens with one attached hydrogen (secondary N) is 1. The van der Waals surface area contributed by atoms with Gasteiger partial charge in [0.25, 0.3) is 10.0 Å². The zero-order valence-corrected chi connectivity index (χ0v) is 23.8. The lowest BCUT2D eigenvalue weighted by molar-refractivity contribution is -0.119. The lowest BCUT2D eigenvalue weighted by Gasteiger charge is -2.19. The second kappa shape index (κ2) is 14.4. The van der Waals surface area contributed by atoms with Crippen molar-refractivity contribution in [3.63, 3.8) is 0 Å². The minimum atomic E-state index is -3.86. The Hall–Kier alpha value is -2.01. The molecule has 1 aromatic heterocycles. The van der Waals surface area contributed by atoms with Crippen molar-refractivity contribution < 1.29 is 28.5 Å². The van der Waals surface area contributed by atoms with E-state index in [9.17, 15) is 28.5 Å². The molecule has 1 aliphatic carbocycles. The topological polar surface area (TPSA) is 124 Å². The summed E-state index contributed by atoms with van der Waals surface area (Å²) in [7, 11) is -3.86. The first-order valence-electron chi connectivity index (χ1n) is 12.8. The molecule has 0 aliphatic heterocycles. The molecule has 1 aliphatic rings. The first-order valence-corrected chi connectivity index (χ1v) is 15.5. The van der Waals surface area contributed by atoms with Crippen LogP contribution in [0.4, 0.5) is 0 Å². The van der Waals surface area contributed by atoms with Crippen LogP contribution in [-0.4, -0.2) is 48.0 Å². The highest BCUT2D eigenvalue weighted by atomic mass is 35.5. The predicted octanol–water partition coefficient (Wildman–Crippen LogP) is 4.54. The van der Waals surface area contributed by atoms with Crippen LogP contribution in [0.15, 0.2) is 65.6 Å². The Kier molecular flexibility index (Phi) is 11.6. The van der Waals surface area contributed by atoms with Gasteiger partial charge in [-0.25, -0.2) is 13.1 Å². The molecule has 38 heavy (non-hydrogen) atoms. The van der Waals surface area contributed by atoms with E-state index in [0.717, 1.165) is 14.8 Å². The Labute approximate surface area is 233 Å². The number of aliphatic hydroxyl groups is 3. The van der Waals surface area contributed by atoms with Crippen molar-refractivity contribution in [1.82, 2.24) is 4.72 Å². The number of carbonyl (C=O) groups is 1. The number of benzene rings is 1. The summed E-state index contributed by atoms with van der Waals surface area (Å²) in [4.78, 5) is 14.3. The molecule has 208 valence electrons. The molecule has 0 radical (unpaired) electrons. The van der Waals surface area contributed by atoms with Gasteiger partial charge in [-0.05, 0) is 63.1 Å². The van der Waals surface area contributed by atoms with E-state index in [1.54, 1.807) is 35.6 Å². The first-order chi connectivity index (χ1) is 18.1. The van der Waals surface area contributed by atoms with Crippen molar-refractivity contribution in [2.75, 3.05) is 0 Å². The molecular weight excluding hydrogens is 546 g/mol. The maximum absolute atomic E-state index is 12.2. The van der Waals surface area contributed by atoms with E-state index in [1.807, 2.05) is 31.2 Å². The van der Waals surface area contributed by atoms with E-state index >= 15 is 0 Å². The van der Waals surface area contributed by atoms with Gasteiger partial charge < -0.3 is 15.3 Å². The van der Waals surface area contributed by atoms with Crippen LogP contribution in [0, 0.1) is 18.8 Å². The summed E-state index contributed by atoms with van der Waals surface area (Å²) in [6.45, 7) is 1.96. The third-order valence-electron chi connectivity index (χ3n) is 6.72. The van der Waals surface area contributed by atoms with Crippen molar-refractivity contribution >= 4 is 38.9 Å². The van der Waals surface area contributed by atoms with Crippen molar-refractivity contribution in [3.8, 4) is 0 Å². The average molecular weight is 582 g/mol. The summed E-state index contributed by atoms with van der Waals surface area (Å²) in [6, 6.07) is 9.67. The van der Waals surface area contributed by atoms with Crippen LogP contribution in [0.25, 0.3) is 0 Å². The number of hydrogen-bond donors (Lipinski definition) is 4. The van der Waals surface area contributed by atoms with Crippen LogP contribution in [0.1, 0.15) is 48.3 Å². The molecule has 4 N–H and O–H groups in total. The van der Waals surface area contributed by atoms with Gasteiger partial charge in [-0.15, -0.1) is 11.3 Å². The highest BCUT2D eigenvalue weighted by Crippen LogP contribution is 2.36. The van der Waals surface area contributed by atoms with Crippen molar-refractivity contribution in [2.24, 2.45) is 11.8 Å². The molecule has 2 aromatic rings. The normalized spacial score (nSPS) is 22.9. The van der Waals surface area contributed by atoms with Gasteiger partial charge in [0.1, 0.15) is 0 Å². The molecular formula is C28H36ClNO6S2. The lowest BCUT2D eigenvalue weighted by Crippen LogP contribution is -2.30. The molecule has 3 rings (SSSR count). The molecule has 0 bridgehead atoms. The van der Waals surface area contributed by atoms with Gasteiger partial charge >= 0.3 is 0 Å². The number of halogens is 1. The average Bonchev–Trinajstić information content (AvgIpc) is 3.34. The van der Waals surface area contributed by atoms with Gasteiger partial charge in [-0.1, -0.05) is 54.1 Å². The summed E-state index contributed by atoms with van der Waals surface area (Å²) in [6.07, 6.45) is 8.57. The van der Waals surface area contributed by atoms with Crippen LogP contribution < -0.4 is 4.72 Å². The number of unbranched alkanes of at least 4 members (excludes halogenated alkanes) is 1. The predicted molar refractivity (Wildman–Crippen MR) is 151 cm³/mol. The van der Waals surface area contributed by atoms with Gasteiger partial charge in [0.2, 0.25) is 5.91 Å². The fourth-order valence-corrected chi connectivity index (χ4v) is 6.90. The monoisotopic (exact) mass is 581 g/mol. The van der Waals surface area contributed by atoms with Crippen LogP contribution >= 0.6 is 22.9 Å². The zero-order valence-electron chi connectivity index (χ0n) is 21.4. The standard InChI is InChI=1S/C28H36ClNO6S2/c1-19-25(29)17-21(37-19)15-13-20(31)14-16-24-23(26(32)18-27(24)33)11-7-2-3-8-12-28(34)30-38(35,36)22-9-5-4-6-10-22/h2,4-7,9-10,14,16-17,20,23-24,26-27,31-33H,3,8,11-13,15,18H2,1H3,(H,30,34)/b7-2+,16-14+/t20-,23+,24+,26-,27+/m0/s1. The maximum Gasteiger partial charge on any atom is 0.264 e. The van der Waals surface area contributed by atoms with E-state index < -0.39 is 34.2 Å². The summed E-state index contributed by atoms with van der Waals surface area (Å²) in [5.41, 5.74) is 0. The molecule has 1 amide bonds. The third kappa shape index (κ3) is 9.03. The Morgan fingerprint density at radius 2 is 1.95 bits per heavy atom. The van der Waals surface area contributed by atoms with E-state index in [4.69, 9.17) is 11.6 Å². The van der Waals surface area contributed by atoms with Gasteiger partial charge in [-0.3, -0.25) is 4.79 Å². The SMILES string of the molecule is Cc1sc(CC[C@H](O)/C=C/[C@@H]2[C@@H](C/C=C/CCCC(=O)NS(=O)(=O)c3ccccc3)[C@@H](O)C[C@H]2O)cc1Cl. The van der Waals surface area contributed by atoms with Gasteiger partial charge in [0.05, 0.1) is 28.2 Å². The van der Waals surface area contributed by atoms with Crippen LogP contribution in [0.3, 0.4) is 0 Å². The summed E-state index contributed by atoms with van der Waals surface area (Å²) < 4.78 is 26.5. The molecule has 0 spiro atoms. The smallest absolute Gasteiger partial charge is 0.264 e. The quantitative estimate of drug-likeness (QED) is 0.203. The largest absolute Gasteiger partial charge is 0.393 e. The summed E-state index contributed by atoms with van der Waals surface area (Å²) in [5.74, 6) is -1.00. The Balaban J connectivity index is 1.41. The van der Waals surface area contributed by atoms with Crippen molar-refractivity contribution in [3.05, 3.63) is 75.5 Å². The molecule has 0 unspecified atom stereocenters. The minimum absolute atomic E-state index is 0.0455. The second-order valence-corrected chi connectivity index (χ2v) is 13.1. The number of carbonyl (C=O) groups excluding carboxylic acids is 1. The Morgan fingerprint density at radius 3 is 2.63 bits per heavy atom. The number of allylic oxidation sites excluding steroid dienone is 2. The minimum Gasteiger partial charge on any atom is -0.393 e. The number of sulfonamides is 1. The molecule has 0 saturated heterocycles. The molecule has 1 fully saturated rings. The third-order valence-corrected chi connectivity index (χ3v) is 9.72. The number of rotatable bonds is 13. The van der Waals surface area contributed by atoms with E-state index in [0.29, 0.717) is 32.1 Å². The van der Waals surface area contributed by atoms with Crippen molar-refractivity contribution in [2.45, 2.75) is 75.1 Å². The maximum atomic E-state index is 12.2. The molecule has 1 heterocycles. The van der Waals surface area contributed by atoms with Crippen molar-refractivity contribution in [1.29, 1.82) is 0 Å². The molecule has 5 atom stereocenters. The molecule has 10 heteroatoms. The highest BCUT2D eigenvalue weighted by Gasteiger charge is 2.39. The summed E-state index contributed by atoms with van der Waals surface area (Å²) >= 11 is 7.72. The van der Waals surface area contributed by atoms with E-state index in [1.165, 1.54) is 12.1 Å². The fourth-order valence-electron chi connectivity index (χ4n) is 4.60. The molecule has 1 aromatic carbocycles. The lowest BCUT2D eigenvalue weighted by atomic mass is 9.89. The van der Waals surface area contributed by atoms with Crippen LogP contribution in [0.2, 0.25) is 5.02 Å². The van der Waals surface area contributed by atoms with Gasteiger partial charge in [-0.2, -0.15) is 0 Å². The van der Waals surface area contributed by atoms with Crippen LogP contribution in [-0.2, 0) is 21.2 Å². The number of thiophene rings is 1.